The largest absolute Gasteiger partial charge is 0.472 e. The summed E-state index contributed by atoms with van der Waals surface area (Å²) in [6.07, 6.45) is 0.734. The molecule has 4 nitrogen and oxygen atoms in total. The fourth-order valence-corrected chi connectivity index (χ4v) is 2.08. The van der Waals surface area contributed by atoms with Crippen LogP contribution < -0.4 is 10.5 Å². The molecular weight excluding hydrogens is 306 g/mol. The third-order valence-electron chi connectivity index (χ3n) is 2.77. The molecule has 2 rings (SSSR count). The van der Waals surface area contributed by atoms with Gasteiger partial charge in [-0.1, -0.05) is 35.0 Å². The van der Waals surface area contributed by atoms with E-state index in [1.807, 2.05) is 38.1 Å². The second-order valence-electron chi connectivity index (χ2n) is 4.23. The molecule has 0 unspecified atom stereocenters. The molecule has 0 saturated carbocycles. The minimum Gasteiger partial charge on any atom is -0.472 e. The van der Waals surface area contributed by atoms with Crippen LogP contribution in [0.5, 0.6) is 5.88 Å². The Balaban J connectivity index is 2.17. The highest BCUT2D eigenvalue weighted by atomic mass is 79.9. The van der Waals surface area contributed by atoms with E-state index < -0.39 is 0 Å². The van der Waals surface area contributed by atoms with Crippen LogP contribution in [0.25, 0.3) is 0 Å². The van der Waals surface area contributed by atoms with Crippen molar-refractivity contribution in [2.75, 3.05) is 5.73 Å². The zero-order valence-electron chi connectivity index (χ0n) is 11.0. The van der Waals surface area contributed by atoms with E-state index in [9.17, 15) is 0 Å². The molecule has 0 radical (unpaired) electrons. The Labute approximate surface area is 121 Å². The van der Waals surface area contributed by atoms with Crippen molar-refractivity contribution in [2.24, 2.45) is 0 Å². The van der Waals surface area contributed by atoms with Gasteiger partial charge in [-0.05, 0) is 24.6 Å². The number of nitrogen functional groups attached to an aromatic ring is 1. The highest BCUT2D eigenvalue weighted by Crippen LogP contribution is 2.21. The number of nitrogens with two attached hydrogens (primary N) is 1. The Bertz CT molecular complexity index is 587. The van der Waals surface area contributed by atoms with Gasteiger partial charge in [0.2, 0.25) is 5.88 Å². The second-order valence-corrected chi connectivity index (χ2v) is 5.14. The molecule has 0 fully saturated rings. The van der Waals surface area contributed by atoms with E-state index in [1.54, 1.807) is 0 Å². The van der Waals surface area contributed by atoms with Gasteiger partial charge < -0.3 is 10.5 Å². The number of benzene rings is 1. The quantitative estimate of drug-likeness (QED) is 0.938. The topological polar surface area (TPSA) is 61.0 Å². The minimum absolute atomic E-state index is 0.458. The standard InChI is InChI=1S/C14H16BrN3O/c1-3-12-17-13(16)9(2)14(18-12)19-8-10-5-4-6-11(15)7-10/h4-7H,3,8H2,1-2H3,(H2,16,17,18). The van der Waals surface area contributed by atoms with E-state index >= 15 is 0 Å². The van der Waals surface area contributed by atoms with Gasteiger partial charge in [0.05, 0.1) is 5.56 Å². The van der Waals surface area contributed by atoms with Crippen molar-refractivity contribution in [1.82, 2.24) is 9.97 Å². The van der Waals surface area contributed by atoms with Crippen LogP contribution in [-0.2, 0) is 13.0 Å². The number of halogens is 1. The Morgan fingerprint density at radius 3 is 2.79 bits per heavy atom. The normalized spacial score (nSPS) is 10.5. The number of rotatable bonds is 4. The number of hydrogen-bond donors (Lipinski definition) is 1. The van der Waals surface area contributed by atoms with Crippen molar-refractivity contribution in [3.8, 4) is 5.88 Å². The summed E-state index contributed by atoms with van der Waals surface area (Å²) in [6.45, 7) is 4.31. The molecule has 0 spiro atoms. The third-order valence-corrected chi connectivity index (χ3v) is 3.26. The molecule has 1 aromatic carbocycles. The van der Waals surface area contributed by atoms with E-state index in [4.69, 9.17) is 10.5 Å². The fraction of sp³-hybridized carbons (Fsp3) is 0.286. The van der Waals surface area contributed by atoms with Crippen molar-refractivity contribution in [3.05, 3.63) is 45.7 Å². The van der Waals surface area contributed by atoms with Gasteiger partial charge in [-0.15, -0.1) is 0 Å². The first-order valence-corrected chi connectivity index (χ1v) is 6.89. The Morgan fingerprint density at radius 2 is 2.11 bits per heavy atom. The van der Waals surface area contributed by atoms with Crippen LogP contribution in [0.4, 0.5) is 5.82 Å². The van der Waals surface area contributed by atoms with Gasteiger partial charge in [-0.25, -0.2) is 4.98 Å². The van der Waals surface area contributed by atoms with Crippen molar-refractivity contribution >= 4 is 21.7 Å². The zero-order chi connectivity index (χ0) is 13.8. The molecule has 5 heteroatoms. The lowest BCUT2D eigenvalue weighted by molar-refractivity contribution is 0.290. The van der Waals surface area contributed by atoms with Gasteiger partial charge >= 0.3 is 0 Å². The van der Waals surface area contributed by atoms with Crippen LogP contribution in [-0.4, -0.2) is 9.97 Å². The molecule has 100 valence electrons. The van der Waals surface area contributed by atoms with Gasteiger partial charge in [0.25, 0.3) is 0 Å². The average Bonchev–Trinajstić information content (AvgIpc) is 2.40. The summed E-state index contributed by atoms with van der Waals surface area (Å²) in [5.41, 5.74) is 7.71. The molecule has 2 N–H and O–H groups in total. The molecule has 0 amide bonds. The predicted octanol–water partition coefficient (Wildman–Crippen LogP) is 3.27. The molecule has 2 aromatic rings. The third kappa shape index (κ3) is 3.44. The zero-order valence-corrected chi connectivity index (χ0v) is 12.6. The van der Waals surface area contributed by atoms with E-state index in [2.05, 4.69) is 25.9 Å². The highest BCUT2D eigenvalue weighted by Gasteiger charge is 2.09. The molecule has 0 aliphatic heterocycles. The van der Waals surface area contributed by atoms with Crippen LogP contribution in [0.15, 0.2) is 28.7 Å². The van der Waals surface area contributed by atoms with Crippen LogP contribution >= 0.6 is 15.9 Å². The maximum absolute atomic E-state index is 5.85. The Kier molecular flexibility index (Phi) is 4.37. The van der Waals surface area contributed by atoms with E-state index in [0.717, 1.165) is 22.0 Å². The second kappa shape index (κ2) is 6.02. The lowest BCUT2D eigenvalue weighted by atomic mass is 10.2. The summed E-state index contributed by atoms with van der Waals surface area (Å²) in [5.74, 6) is 1.74. The first-order chi connectivity index (χ1) is 9.10. The molecule has 1 heterocycles. The van der Waals surface area contributed by atoms with Crippen LogP contribution in [0, 0.1) is 6.92 Å². The maximum atomic E-state index is 5.85. The fourth-order valence-electron chi connectivity index (χ4n) is 1.64. The van der Waals surface area contributed by atoms with E-state index in [0.29, 0.717) is 24.1 Å². The van der Waals surface area contributed by atoms with Crippen molar-refractivity contribution < 1.29 is 4.74 Å². The van der Waals surface area contributed by atoms with Crippen molar-refractivity contribution in [2.45, 2.75) is 26.9 Å². The molecule has 0 bridgehead atoms. The average molecular weight is 322 g/mol. The summed E-state index contributed by atoms with van der Waals surface area (Å²) in [7, 11) is 0. The highest BCUT2D eigenvalue weighted by molar-refractivity contribution is 9.10. The van der Waals surface area contributed by atoms with Gasteiger partial charge in [0.1, 0.15) is 18.2 Å². The molecule has 0 aliphatic carbocycles. The summed E-state index contributed by atoms with van der Waals surface area (Å²) in [5, 5.41) is 0. The molecule has 0 aliphatic rings. The number of anilines is 1. The van der Waals surface area contributed by atoms with Crippen LogP contribution in [0.1, 0.15) is 23.9 Å². The Morgan fingerprint density at radius 1 is 1.32 bits per heavy atom. The predicted molar refractivity (Wildman–Crippen MR) is 79.0 cm³/mol. The number of nitrogens with zero attached hydrogens (tertiary/aromatic N) is 2. The lowest BCUT2D eigenvalue weighted by Crippen LogP contribution is -2.06. The molecule has 0 saturated heterocycles. The van der Waals surface area contributed by atoms with Crippen molar-refractivity contribution in [3.63, 3.8) is 0 Å². The van der Waals surface area contributed by atoms with Gasteiger partial charge in [-0.2, -0.15) is 4.98 Å². The first-order valence-electron chi connectivity index (χ1n) is 6.10. The van der Waals surface area contributed by atoms with Crippen molar-refractivity contribution in [1.29, 1.82) is 0 Å². The monoisotopic (exact) mass is 321 g/mol. The van der Waals surface area contributed by atoms with Gasteiger partial charge in [-0.3, -0.25) is 0 Å². The smallest absolute Gasteiger partial charge is 0.222 e. The SMILES string of the molecule is CCc1nc(N)c(C)c(OCc2cccc(Br)c2)n1. The summed E-state index contributed by atoms with van der Waals surface area (Å²) >= 11 is 3.44. The molecule has 0 atom stereocenters. The number of aryl methyl sites for hydroxylation is 1. The first kappa shape index (κ1) is 13.8. The van der Waals surface area contributed by atoms with Crippen LogP contribution in [0.3, 0.4) is 0 Å². The maximum Gasteiger partial charge on any atom is 0.222 e. The summed E-state index contributed by atoms with van der Waals surface area (Å²) < 4.78 is 6.78. The van der Waals surface area contributed by atoms with E-state index in [1.165, 1.54) is 0 Å². The van der Waals surface area contributed by atoms with E-state index in [-0.39, 0.29) is 0 Å². The summed E-state index contributed by atoms with van der Waals surface area (Å²) in [6, 6.07) is 7.97. The number of aromatic nitrogens is 2. The van der Waals surface area contributed by atoms with Gasteiger partial charge in [0, 0.05) is 10.9 Å². The molecule has 1 aromatic heterocycles. The number of hydrogen-bond acceptors (Lipinski definition) is 4. The Hall–Kier alpha value is -1.62. The van der Waals surface area contributed by atoms with Crippen LogP contribution in [0.2, 0.25) is 0 Å². The van der Waals surface area contributed by atoms with Gasteiger partial charge in [0.15, 0.2) is 0 Å². The number of ether oxygens (including phenoxy) is 1. The minimum atomic E-state index is 0.458. The summed E-state index contributed by atoms with van der Waals surface area (Å²) in [4.78, 5) is 8.56. The molecular formula is C14H16BrN3O. The lowest BCUT2D eigenvalue weighted by Gasteiger charge is -2.11. The molecule has 19 heavy (non-hydrogen) atoms.